The summed E-state index contributed by atoms with van der Waals surface area (Å²) < 4.78 is 0. The van der Waals surface area contributed by atoms with E-state index in [2.05, 4.69) is 206 Å². The Kier molecular flexibility index (Phi) is 6.97. The Labute approximate surface area is 314 Å². The number of hydrogen-bond acceptors (Lipinski definition) is 0. The molecule has 54 heavy (non-hydrogen) atoms. The Bertz CT molecular complexity index is 3240. The number of rotatable bonds is 4. The molecule has 0 unspecified atom stereocenters. The van der Waals surface area contributed by atoms with E-state index in [-0.39, 0.29) is 0 Å². The minimum Gasteiger partial charge on any atom is -0.0622 e. The van der Waals surface area contributed by atoms with Gasteiger partial charge in [0.05, 0.1) is 0 Å². The van der Waals surface area contributed by atoms with E-state index >= 15 is 0 Å². The van der Waals surface area contributed by atoms with Crippen molar-refractivity contribution in [2.24, 2.45) is 0 Å². The highest BCUT2D eigenvalue weighted by Crippen LogP contribution is 2.47. The quantitative estimate of drug-likeness (QED) is 0.128. The van der Waals surface area contributed by atoms with E-state index in [4.69, 9.17) is 0 Å². The van der Waals surface area contributed by atoms with Crippen molar-refractivity contribution in [2.75, 3.05) is 0 Å². The predicted octanol–water partition coefficient (Wildman–Crippen LogP) is 15.3. The smallest absolute Gasteiger partial charge is 0.00201 e. The molecule has 0 aliphatic heterocycles. The van der Waals surface area contributed by atoms with Gasteiger partial charge in [0.1, 0.15) is 0 Å². The van der Waals surface area contributed by atoms with Gasteiger partial charge in [0.2, 0.25) is 0 Å². The second-order valence-corrected chi connectivity index (χ2v) is 14.4. The molecule has 0 aromatic heterocycles. The van der Waals surface area contributed by atoms with Gasteiger partial charge >= 0.3 is 0 Å². The lowest BCUT2D eigenvalue weighted by Crippen LogP contribution is -1.93. The molecule has 0 saturated heterocycles. The van der Waals surface area contributed by atoms with Crippen LogP contribution in [0, 0.1) is 0 Å². The summed E-state index contributed by atoms with van der Waals surface area (Å²) in [5, 5.41) is 15.2. The summed E-state index contributed by atoms with van der Waals surface area (Å²) in [6.07, 6.45) is 0. The maximum absolute atomic E-state index is 2.45. The fourth-order valence-corrected chi connectivity index (χ4v) is 8.88. The second kappa shape index (κ2) is 12.3. The van der Waals surface area contributed by atoms with Crippen LogP contribution in [0.5, 0.6) is 0 Å². The van der Waals surface area contributed by atoms with Gasteiger partial charge in [-0.05, 0) is 127 Å². The highest BCUT2D eigenvalue weighted by atomic mass is 14.2. The molecular formula is C54H34. The largest absolute Gasteiger partial charge is 0.0622 e. The first kappa shape index (κ1) is 30.6. The molecule has 0 nitrogen and oxygen atoms in total. The summed E-state index contributed by atoms with van der Waals surface area (Å²) in [6, 6.07) is 76.2. The zero-order valence-electron chi connectivity index (χ0n) is 29.6. The van der Waals surface area contributed by atoms with Crippen molar-refractivity contribution in [1.29, 1.82) is 0 Å². The lowest BCUT2D eigenvalue weighted by Gasteiger charge is -2.20. The lowest BCUT2D eigenvalue weighted by atomic mass is 9.83. The molecule has 11 rings (SSSR count). The van der Waals surface area contributed by atoms with Crippen LogP contribution in [0.15, 0.2) is 206 Å². The lowest BCUT2D eigenvalue weighted by molar-refractivity contribution is 1.61. The van der Waals surface area contributed by atoms with E-state index in [9.17, 15) is 0 Å². The average Bonchev–Trinajstić information content (AvgIpc) is 3.24. The van der Waals surface area contributed by atoms with Gasteiger partial charge in [-0.2, -0.15) is 0 Å². The molecule has 0 spiro atoms. The summed E-state index contributed by atoms with van der Waals surface area (Å²) in [6.45, 7) is 0. The second-order valence-electron chi connectivity index (χ2n) is 14.4. The van der Waals surface area contributed by atoms with E-state index in [1.165, 1.54) is 109 Å². The molecule has 0 amide bonds. The van der Waals surface area contributed by atoms with Gasteiger partial charge in [-0.15, -0.1) is 0 Å². The Hall–Kier alpha value is -7.02. The van der Waals surface area contributed by atoms with Crippen LogP contribution in [0.1, 0.15) is 0 Å². The first-order valence-electron chi connectivity index (χ1n) is 18.8. The Balaban J connectivity index is 1.21. The summed E-state index contributed by atoms with van der Waals surface area (Å²) in [5.41, 5.74) is 9.93. The number of fused-ring (bicyclic) bond motifs is 7. The maximum atomic E-state index is 2.45. The topological polar surface area (TPSA) is 0 Å². The van der Waals surface area contributed by atoms with Crippen molar-refractivity contribution in [1.82, 2.24) is 0 Å². The fourth-order valence-electron chi connectivity index (χ4n) is 8.88. The zero-order valence-corrected chi connectivity index (χ0v) is 29.6. The summed E-state index contributed by atoms with van der Waals surface area (Å²) in [4.78, 5) is 0. The van der Waals surface area contributed by atoms with Gasteiger partial charge in [-0.25, -0.2) is 0 Å². The van der Waals surface area contributed by atoms with Crippen molar-refractivity contribution in [3.63, 3.8) is 0 Å². The van der Waals surface area contributed by atoms with Crippen LogP contribution in [0.2, 0.25) is 0 Å². The molecule has 0 bridgehead atoms. The van der Waals surface area contributed by atoms with Crippen LogP contribution in [0.4, 0.5) is 0 Å². The first-order valence-corrected chi connectivity index (χ1v) is 18.8. The normalized spacial score (nSPS) is 11.7. The third-order valence-electron chi connectivity index (χ3n) is 11.4. The molecule has 0 aliphatic carbocycles. The van der Waals surface area contributed by atoms with Crippen molar-refractivity contribution in [2.45, 2.75) is 0 Å². The Morgan fingerprint density at radius 1 is 0.185 bits per heavy atom. The molecule has 0 N–H and O–H groups in total. The van der Waals surface area contributed by atoms with Gasteiger partial charge in [0.25, 0.3) is 0 Å². The highest BCUT2D eigenvalue weighted by Gasteiger charge is 2.19. The van der Waals surface area contributed by atoms with Crippen molar-refractivity contribution in [3.05, 3.63) is 206 Å². The molecule has 11 aromatic rings. The molecule has 0 radical (unpaired) electrons. The summed E-state index contributed by atoms with van der Waals surface area (Å²) >= 11 is 0. The molecule has 0 heterocycles. The Morgan fingerprint density at radius 2 is 0.722 bits per heavy atom. The molecule has 0 atom stereocenters. The summed E-state index contributed by atoms with van der Waals surface area (Å²) in [7, 11) is 0. The molecule has 11 aromatic carbocycles. The van der Waals surface area contributed by atoms with Gasteiger partial charge in [0, 0.05) is 0 Å². The van der Waals surface area contributed by atoms with Crippen molar-refractivity contribution in [3.8, 4) is 44.5 Å². The number of hydrogen-bond donors (Lipinski definition) is 0. The molecule has 0 saturated carbocycles. The van der Waals surface area contributed by atoms with Gasteiger partial charge in [0.15, 0.2) is 0 Å². The van der Waals surface area contributed by atoms with Crippen LogP contribution >= 0.6 is 0 Å². The minimum atomic E-state index is 1.22. The van der Waals surface area contributed by atoms with Crippen LogP contribution in [-0.4, -0.2) is 0 Å². The third-order valence-corrected chi connectivity index (χ3v) is 11.4. The monoisotopic (exact) mass is 682 g/mol. The molecule has 0 aliphatic rings. The van der Waals surface area contributed by atoms with Crippen LogP contribution in [0.3, 0.4) is 0 Å². The van der Waals surface area contributed by atoms with Crippen molar-refractivity contribution < 1.29 is 0 Å². The zero-order chi connectivity index (χ0) is 35.6. The van der Waals surface area contributed by atoms with Crippen LogP contribution in [-0.2, 0) is 0 Å². The predicted molar refractivity (Wildman–Crippen MR) is 233 cm³/mol. The maximum Gasteiger partial charge on any atom is -0.00201 e. The van der Waals surface area contributed by atoms with Crippen molar-refractivity contribution >= 4 is 64.6 Å². The Morgan fingerprint density at radius 3 is 1.54 bits per heavy atom. The van der Waals surface area contributed by atoms with Gasteiger partial charge in [-0.3, -0.25) is 0 Å². The minimum absolute atomic E-state index is 1.22. The van der Waals surface area contributed by atoms with Crippen LogP contribution < -0.4 is 0 Å². The first-order chi connectivity index (χ1) is 26.8. The molecule has 0 heteroatoms. The molecule has 250 valence electrons. The third kappa shape index (κ3) is 4.85. The van der Waals surface area contributed by atoms with E-state index in [1.54, 1.807) is 0 Å². The van der Waals surface area contributed by atoms with E-state index in [0.29, 0.717) is 0 Å². The SMILES string of the molecule is c1ccc(-c2ccc(-c3c4ccccc4c(-c4cccc5ccccc45)c4ccc(-c5cccc6c5ccc5cc7ccccc7cc56)cc34)cc2)cc1. The van der Waals surface area contributed by atoms with Crippen LogP contribution in [0.25, 0.3) is 109 Å². The molecular weight excluding hydrogens is 649 g/mol. The van der Waals surface area contributed by atoms with E-state index in [0.717, 1.165) is 0 Å². The number of benzene rings is 11. The highest BCUT2D eigenvalue weighted by molar-refractivity contribution is 6.24. The fraction of sp³-hybridized carbons (Fsp3) is 0. The van der Waals surface area contributed by atoms with Gasteiger partial charge < -0.3 is 0 Å². The average molecular weight is 683 g/mol. The van der Waals surface area contributed by atoms with E-state index in [1.807, 2.05) is 0 Å². The summed E-state index contributed by atoms with van der Waals surface area (Å²) in [5.74, 6) is 0. The van der Waals surface area contributed by atoms with E-state index < -0.39 is 0 Å². The molecule has 0 fully saturated rings. The standard InChI is InChI=1S/C54H34/c1-2-12-35(13-3-1)36-24-26-38(27-25-36)53-48-19-8-9-20-49(48)54(47-23-10-17-37-14-6-7-18-43(37)47)50-31-29-42(34-52(50)53)44-21-11-22-45-46(44)30-28-41-32-39-15-4-5-16-40(39)33-51(41)45/h1-34H. The van der Waals surface area contributed by atoms with Gasteiger partial charge in [-0.1, -0.05) is 188 Å².